The van der Waals surface area contributed by atoms with Crippen LogP contribution in [-0.2, 0) is 11.2 Å². The number of aromatic hydroxyl groups is 2. The van der Waals surface area contributed by atoms with Gasteiger partial charge < -0.3 is 20.8 Å². The minimum atomic E-state index is -1.01. The molecule has 0 radical (unpaired) electrons. The van der Waals surface area contributed by atoms with Crippen LogP contribution < -0.4 is 10.6 Å². The molecule has 1 atom stereocenters. The molecule has 0 aliphatic rings. The van der Waals surface area contributed by atoms with Crippen molar-refractivity contribution in [2.45, 2.75) is 26.3 Å². The van der Waals surface area contributed by atoms with E-state index in [2.05, 4.69) is 10.6 Å². The van der Waals surface area contributed by atoms with Crippen molar-refractivity contribution < 1.29 is 28.6 Å². The first-order valence-corrected chi connectivity index (χ1v) is 8.74. The topological polar surface area (TPSA) is 98.7 Å². The summed E-state index contributed by atoms with van der Waals surface area (Å²) in [5.41, 5.74) is -0.0466. The number of phenolic OH excluding ortho intramolecular Hbond substituents is 2. The fourth-order valence-electron chi connectivity index (χ4n) is 2.63. The Balaban J connectivity index is 1.99. The minimum Gasteiger partial charge on any atom is -0.504 e. The van der Waals surface area contributed by atoms with Gasteiger partial charge in [0.25, 0.3) is 5.91 Å². The molecule has 8 heteroatoms. The monoisotopic (exact) mass is 392 g/mol. The number of amides is 2. The Bertz CT molecular complexity index is 851. The number of rotatable bonds is 7. The quantitative estimate of drug-likeness (QED) is 0.544. The highest BCUT2D eigenvalue weighted by molar-refractivity contribution is 5.98. The van der Waals surface area contributed by atoms with E-state index in [1.54, 1.807) is 19.9 Å². The molecule has 4 N–H and O–H groups in total. The predicted molar refractivity (Wildman–Crippen MR) is 98.9 cm³/mol. The summed E-state index contributed by atoms with van der Waals surface area (Å²) in [6, 6.07) is 6.42. The van der Waals surface area contributed by atoms with Gasteiger partial charge in [-0.1, -0.05) is 26.0 Å². The normalized spacial score (nSPS) is 11.9. The summed E-state index contributed by atoms with van der Waals surface area (Å²) in [6.45, 7) is 3.59. The molecule has 2 aromatic carbocycles. The van der Waals surface area contributed by atoms with Crippen molar-refractivity contribution in [3.8, 4) is 11.5 Å². The smallest absolute Gasteiger partial charge is 0.257 e. The molecule has 2 amide bonds. The molecule has 0 aromatic heterocycles. The number of benzene rings is 2. The van der Waals surface area contributed by atoms with Gasteiger partial charge in [0.1, 0.15) is 23.2 Å². The van der Waals surface area contributed by atoms with Crippen LogP contribution in [-0.4, -0.2) is 34.6 Å². The Morgan fingerprint density at radius 2 is 1.68 bits per heavy atom. The van der Waals surface area contributed by atoms with Gasteiger partial charge >= 0.3 is 0 Å². The van der Waals surface area contributed by atoms with Crippen LogP contribution in [0.25, 0.3) is 0 Å². The lowest BCUT2D eigenvalue weighted by Gasteiger charge is -2.22. The van der Waals surface area contributed by atoms with Crippen molar-refractivity contribution >= 4 is 11.8 Å². The standard InChI is InChI=1S/C20H22F2N2O4/c1-11(2)18(24-19(27)17-13(21)4-3-5-14(17)22)20(28)23-9-8-12-6-7-15(25)16(26)10-12/h3-7,10-11,18,25-26H,8-9H2,1-2H3,(H,23,28)(H,24,27). The number of nitrogens with one attached hydrogen (secondary N) is 2. The summed E-state index contributed by atoms with van der Waals surface area (Å²) in [7, 11) is 0. The molecule has 0 aliphatic heterocycles. The van der Waals surface area contributed by atoms with Crippen LogP contribution in [0.5, 0.6) is 11.5 Å². The number of hydrogen-bond acceptors (Lipinski definition) is 4. The summed E-state index contributed by atoms with van der Waals surface area (Å²) >= 11 is 0. The van der Waals surface area contributed by atoms with E-state index in [-0.39, 0.29) is 24.0 Å². The third-order valence-corrected chi connectivity index (χ3v) is 4.18. The highest BCUT2D eigenvalue weighted by atomic mass is 19.1. The van der Waals surface area contributed by atoms with Crippen molar-refractivity contribution in [3.63, 3.8) is 0 Å². The number of hydrogen-bond donors (Lipinski definition) is 4. The fourth-order valence-corrected chi connectivity index (χ4v) is 2.63. The van der Waals surface area contributed by atoms with Gasteiger partial charge in [-0.3, -0.25) is 9.59 Å². The van der Waals surface area contributed by atoms with Crippen LogP contribution in [0.15, 0.2) is 36.4 Å². The van der Waals surface area contributed by atoms with Crippen molar-refractivity contribution in [2.24, 2.45) is 5.92 Å². The first kappa shape index (κ1) is 21.1. The van der Waals surface area contributed by atoms with Crippen molar-refractivity contribution in [2.75, 3.05) is 6.54 Å². The lowest BCUT2D eigenvalue weighted by Crippen LogP contribution is -2.50. The van der Waals surface area contributed by atoms with Crippen molar-refractivity contribution in [1.29, 1.82) is 0 Å². The van der Waals surface area contributed by atoms with E-state index in [0.29, 0.717) is 12.0 Å². The van der Waals surface area contributed by atoms with Crippen molar-refractivity contribution in [1.82, 2.24) is 10.6 Å². The number of halogens is 2. The minimum absolute atomic E-state index is 0.205. The molecule has 0 heterocycles. The molecule has 0 aliphatic carbocycles. The van der Waals surface area contributed by atoms with Crippen LogP contribution in [0.4, 0.5) is 8.78 Å². The Kier molecular flexibility index (Phi) is 6.92. The Labute approximate surface area is 161 Å². The maximum atomic E-state index is 13.8. The molecule has 0 spiro atoms. The molecule has 0 bridgehead atoms. The molecule has 28 heavy (non-hydrogen) atoms. The number of carbonyl (C=O) groups excluding carboxylic acids is 2. The zero-order chi connectivity index (χ0) is 20.8. The van der Waals surface area contributed by atoms with Crippen molar-refractivity contribution in [3.05, 3.63) is 59.2 Å². The average molecular weight is 392 g/mol. The van der Waals surface area contributed by atoms with Crippen LogP contribution >= 0.6 is 0 Å². The molecule has 6 nitrogen and oxygen atoms in total. The summed E-state index contributed by atoms with van der Waals surface area (Å²) in [6.07, 6.45) is 0.375. The predicted octanol–water partition coefficient (Wildman–Crippen LogP) is 2.49. The molecular weight excluding hydrogens is 370 g/mol. The van der Waals surface area contributed by atoms with Gasteiger partial charge in [-0.15, -0.1) is 0 Å². The molecule has 1 unspecified atom stereocenters. The third kappa shape index (κ3) is 5.18. The Morgan fingerprint density at radius 3 is 2.25 bits per heavy atom. The highest BCUT2D eigenvalue weighted by Crippen LogP contribution is 2.24. The van der Waals surface area contributed by atoms with Gasteiger partial charge in [-0.05, 0) is 42.2 Å². The summed E-state index contributed by atoms with van der Waals surface area (Å²) in [5.74, 6) is -4.34. The zero-order valence-corrected chi connectivity index (χ0v) is 15.5. The maximum absolute atomic E-state index is 13.8. The zero-order valence-electron chi connectivity index (χ0n) is 15.5. The van der Waals surface area contributed by atoms with E-state index in [1.807, 2.05) is 0 Å². The average Bonchev–Trinajstić information content (AvgIpc) is 2.62. The largest absolute Gasteiger partial charge is 0.504 e. The van der Waals surface area contributed by atoms with Gasteiger partial charge in [0.05, 0.1) is 0 Å². The molecule has 2 rings (SSSR count). The van der Waals surface area contributed by atoms with E-state index in [0.717, 1.165) is 18.2 Å². The second-order valence-corrected chi connectivity index (χ2v) is 6.66. The number of phenols is 2. The van der Waals surface area contributed by atoms with E-state index < -0.39 is 35.1 Å². The SMILES string of the molecule is CC(C)C(NC(=O)c1c(F)cccc1F)C(=O)NCCc1ccc(O)c(O)c1. The van der Waals surface area contributed by atoms with Crippen LogP contribution in [0.2, 0.25) is 0 Å². The molecular formula is C20H22F2N2O4. The molecule has 2 aromatic rings. The second kappa shape index (κ2) is 9.16. The van der Waals surface area contributed by atoms with E-state index >= 15 is 0 Å². The molecule has 0 saturated heterocycles. The van der Waals surface area contributed by atoms with Gasteiger partial charge in [-0.25, -0.2) is 8.78 Å². The second-order valence-electron chi connectivity index (χ2n) is 6.66. The maximum Gasteiger partial charge on any atom is 0.257 e. The third-order valence-electron chi connectivity index (χ3n) is 4.18. The van der Waals surface area contributed by atoms with E-state index in [4.69, 9.17) is 0 Å². The number of carbonyl (C=O) groups is 2. The van der Waals surface area contributed by atoms with Gasteiger partial charge in [0.15, 0.2) is 11.5 Å². The molecule has 0 fully saturated rings. The molecule has 150 valence electrons. The first-order chi connectivity index (χ1) is 13.2. The van der Waals surface area contributed by atoms with Gasteiger partial charge in [-0.2, -0.15) is 0 Å². The van der Waals surface area contributed by atoms with Crippen LogP contribution in [0, 0.1) is 17.6 Å². The summed E-state index contributed by atoms with van der Waals surface area (Å²) in [5, 5.41) is 23.8. The molecule has 0 saturated carbocycles. The lowest BCUT2D eigenvalue weighted by atomic mass is 10.0. The van der Waals surface area contributed by atoms with Crippen LogP contribution in [0.1, 0.15) is 29.8 Å². The Morgan fingerprint density at radius 1 is 1.04 bits per heavy atom. The Hall–Kier alpha value is -3.16. The van der Waals surface area contributed by atoms with E-state index in [9.17, 15) is 28.6 Å². The van der Waals surface area contributed by atoms with Gasteiger partial charge in [0, 0.05) is 6.54 Å². The highest BCUT2D eigenvalue weighted by Gasteiger charge is 2.27. The van der Waals surface area contributed by atoms with Crippen LogP contribution in [0.3, 0.4) is 0 Å². The summed E-state index contributed by atoms with van der Waals surface area (Å²) < 4.78 is 27.5. The summed E-state index contributed by atoms with van der Waals surface area (Å²) in [4.78, 5) is 24.7. The van der Waals surface area contributed by atoms with E-state index in [1.165, 1.54) is 12.1 Å². The van der Waals surface area contributed by atoms with Gasteiger partial charge in [0.2, 0.25) is 5.91 Å². The first-order valence-electron chi connectivity index (χ1n) is 8.74. The lowest BCUT2D eigenvalue weighted by molar-refractivity contribution is -0.123. The fraction of sp³-hybridized carbons (Fsp3) is 0.300.